The van der Waals surface area contributed by atoms with E-state index in [1.54, 1.807) is 29.6 Å². The van der Waals surface area contributed by atoms with E-state index < -0.39 is 0 Å². The molecule has 0 spiro atoms. The topological polar surface area (TPSA) is 118 Å². The molecule has 6 rings (SSSR count). The van der Waals surface area contributed by atoms with Gasteiger partial charge in [-0.1, -0.05) is 17.0 Å². The zero-order valence-corrected chi connectivity index (χ0v) is 24.1. The third-order valence-corrected chi connectivity index (χ3v) is 7.10. The second-order valence-corrected chi connectivity index (χ2v) is 10.3. The quantitative estimate of drug-likeness (QED) is 0.180. The molecule has 0 saturated carbocycles. The van der Waals surface area contributed by atoms with Gasteiger partial charge in [-0.05, 0) is 62.6 Å². The molecule has 0 aliphatic carbocycles. The summed E-state index contributed by atoms with van der Waals surface area (Å²) in [5.41, 5.74) is 4.46. The molecule has 1 aliphatic heterocycles. The molecule has 1 aliphatic rings. The molecular formula is C32H34N8O3. The summed E-state index contributed by atoms with van der Waals surface area (Å²) in [6.45, 7) is 5.44. The summed E-state index contributed by atoms with van der Waals surface area (Å²) in [4.78, 5) is 10.7. The lowest BCUT2D eigenvalue weighted by molar-refractivity contribution is -0.188. The molecule has 220 valence electrons. The number of hydrogen-bond acceptors (Lipinski definition) is 9. The fourth-order valence-electron chi connectivity index (χ4n) is 4.84. The Morgan fingerprint density at radius 3 is 2.63 bits per heavy atom. The molecule has 0 amide bonds. The van der Waals surface area contributed by atoms with Crippen molar-refractivity contribution >= 4 is 0 Å². The standard InChI is InChI=1S/C32H34N8O3/c1-24(42-31-4-2-3-19-41-31)32-34-16-17-39(32)23-29-20-30(43-38-29)27-10-7-25(8-11-27)5-6-26-9-12-28(35-21-26)22-33-15-18-40-36-13-14-37-40/h7-14,16-17,20-21,24,31,33H,2-4,15,18-19,22-23H2,1H3/t24-,31?/m0/s1. The van der Waals surface area contributed by atoms with Crippen molar-refractivity contribution in [3.05, 3.63) is 102 Å². The van der Waals surface area contributed by atoms with Crippen molar-refractivity contribution in [1.29, 1.82) is 0 Å². The van der Waals surface area contributed by atoms with Crippen molar-refractivity contribution in [2.45, 2.75) is 58.2 Å². The van der Waals surface area contributed by atoms with Gasteiger partial charge in [-0.2, -0.15) is 15.0 Å². The van der Waals surface area contributed by atoms with Gasteiger partial charge in [-0.25, -0.2) is 4.98 Å². The minimum absolute atomic E-state index is 0.174. The molecule has 1 fully saturated rings. The molecule has 11 nitrogen and oxygen atoms in total. The van der Waals surface area contributed by atoms with Crippen molar-refractivity contribution in [1.82, 2.24) is 40.0 Å². The van der Waals surface area contributed by atoms with Crippen LogP contribution in [0.5, 0.6) is 0 Å². The van der Waals surface area contributed by atoms with E-state index in [-0.39, 0.29) is 12.4 Å². The Morgan fingerprint density at radius 1 is 1.00 bits per heavy atom. The van der Waals surface area contributed by atoms with Gasteiger partial charge in [0, 0.05) is 61.0 Å². The van der Waals surface area contributed by atoms with E-state index in [0.717, 1.165) is 66.3 Å². The molecular weight excluding hydrogens is 544 g/mol. The third kappa shape index (κ3) is 7.81. The van der Waals surface area contributed by atoms with Crippen molar-refractivity contribution in [3.63, 3.8) is 0 Å². The molecule has 4 aromatic heterocycles. The Hall–Kier alpha value is -4.63. The van der Waals surface area contributed by atoms with Gasteiger partial charge in [0.25, 0.3) is 0 Å². The Morgan fingerprint density at radius 2 is 1.84 bits per heavy atom. The summed E-state index contributed by atoms with van der Waals surface area (Å²) in [5.74, 6) is 7.93. The maximum Gasteiger partial charge on any atom is 0.167 e. The van der Waals surface area contributed by atoms with Gasteiger partial charge < -0.3 is 23.9 Å². The predicted octanol–water partition coefficient (Wildman–Crippen LogP) is 4.37. The number of pyridine rings is 1. The van der Waals surface area contributed by atoms with E-state index in [2.05, 4.69) is 42.5 Å². The average Bonchev–Trinajstić information content (AvgIpc) is 3.83. The summed E-state index contributed by atoms with van der Waals surface area (Å²) < 4.78 is 19.5. The number of nitrogens with one attached hydrogen (secondary N) is 1. The van der Waals surface area contributed by atoms with Gasteiger partial charge in [-0.15, -0.1) is 0 Å². The van der Waals surface area contributed by atoms with Crippen LogP contribution < -0.4 is 5.32 Å². The van der Waals surface area contributed by atoms with E-state index >= 15 is 0 Å². The largest absolute Gasteiger partial charge is 0.356 e. The molecule has 11 heteroatoms. The lowest BCUT2D eigenvalue weighted by atomic mass is 10.1. The van der Waals surface area contributed by atoms with E-state index in [1.165, 1.54) is 0 Å². The van der Waals surface area contributed by atoms with E-state index in [0.29, 0.717) is 25.4 Å². The van der Waals surface area contributed by atoms with Crippen LogP contribution in [0, 0.1) is 11.8 Å². The number of hydrogen-bond donors (Lipinski definition) is 1. The van der Waals surface area contributed by atoms with E-state index in [1.807, 2.05) is 60.2 Å². The van der Waals surface area contributed by atoms with E-state index in [4.69, 9.17) is 14.0 Å². The van der Waals surface area contributed by atoms with Crippen molar-refractivity contribution in [2.24, 2.45) is 0 Å². The molecule has 1 N–H and O–H groups in total. The van der Waals surface area contributed by atoms with Crippen LogP contribution in [0.2, 0.25) is 0 Å². The maximum absolute atomic E-state index is 6.11. The fraction of sp³-hybridized carbons (Fsp3) is 0.344. The van der Waals surface area contributed by atoms with Gasteiger partial charge in [0.1, 0.15) is 17.6 Å². The average molecular weight is 579 g/mol. The molecule has 1 unspecified atom stereocenters. The molecule has 43 heavy (non-hydrogen) atoms. The number of benzene rings is 1. The first-order valence-corrected chi connectivity index (χ1v) is 14.6. The summed E-state index contributed by atoms with van der Waals surface area (Å²) in [5, 5.41) is 15.8. The fourth-order valence-corrected chi connectivity index (χ4v) is 4.84. The first-order valence-electron chi connectivity index (χ1n) is 14.6. The van der Waals surface area contributed by atoms with Crippen LogP contribution in [0.25, 0.3) is 11.3 Å². The Balaban J connectivity index is 1.01. The van der Waals surface area contributed by atoms with Gasteiger partial charge in [0.2, 0.25) is 0 Å². The van der Waals surface area contributed by atoms with Crippen LogP contribution in [0.15, 0.2) is 78.0 Å². The van der Waals surface area contributed by atoms with Crippen LogP contribution in [0.3, 0.4) is 0 Å². The Labute approximate surface area is 250 Å². The van der Waals surface area contributed by atoms with Crippen LogP contribution in [-0.2, 0) is 29.1 Å². The zero-order valence-electron chi connectivity index (χ0n) is 24.1. The van der Waals surface area contributed by atoms with Crippen LogP contribution in [-0.4, -0.2) is 54.1 Å². The lowest BCUT2D eigenvalue weighted by Crippen LogP contribution is -2.24. The Bertz CT molecular complexity index is 1630. The van der Waals surface area contributed by atoms with Crippen molar-refractivity contribution < 1.29 is 14.0 Å². The second kappa shape index (κ2) is 14.0. The minimum atomic E-state index is -0.189. The Kier molecular flexibility index (Phi) is 9.29. The van der Waals surface area contributed by atoms with Gasteiger partial charge in [0.15, 0.2) is 12.1 Å². The third-order valence-electron chi connectivity index (χ3n) is 7.10. The molecule has 1 saturated heterocycles. The predicted molar refractivity (Wildman–Crippen MR) is 158 cm³/mol. The molecule has 5 aromatic rings. The minimum Gasteiger partial charge on any atom is -0.356 e. The first kappa shape index (κ1) is 28.5. The van der Waals surface area contributed by atoms with E-state index in [9.17, 15) is 0 Å². The van der Waals surface area contributed by atoms with Crippen LogP contribution in [0.1, 0.15) is 60.6 Å². The molecule has 2 atom stereocenters. The summed E-state index contributed by atoms with van der Waals surface area (Å²) in [6.07, 6.45) is 11.6. The smallest absolute Gasteiger partial charge is 0.167 e. The normalized spacial score (nSPS) is 15.6. The lowest BCUT2D eigenvalue weighted by Gasteiger charge is -2.26. The molecule has 5 heterocycles. The van der Waals surface area contributed by atoms with Crippen LogP contribution >= 0.6 is 0 Å². The highest BCUT2D eigenvalue weighted by Gasteiger charge is 2.21. The van der Waals surface area contributed by atoms with Gasteiger partial charge in [-0.3, -0.25) is 4.98 Å². The number of nitrogens with zero attached hydrogens (tertiary/aromatic N) is 7. The number of aromatic nitrogens is 7. The highest BCUT2D eigenvalue weighted by molar-refractivity contribution is 5.59. The molecule has 0 bridgehead atoms. The van der Waals surface area contributed by atoms with Gasteiger partial charge in [0.05, 0.1) is 31.2 Å². The number of ether oxygens (including phenoxy) is 2. The highest BCUT2D eigenvalue weighted by atomic mass is 16.7. The summed E-state index contributed by atoms with van der Waals surface area (Å²) in [7, 11) is 0. The van der Waals surface area contributed by atoms with Crippen molar-refractivity contribution in [2.75, 3.05) is 13.2 Å². The summed E-state index contributed by atoms with van der Waals surface area (Å²) >= 11 is 0. The highest BCUT2D eigenvalue weighted by Crippen LogP contribution is 2.25. The number of rotatable bonds is 11. The zero-order chi connectivity index (χ0) is 29.3. The SMILES string of the molecule is C[C@H](OC1CCCCO1)c1nccn1Cc1cc(-c2ccc(C#Cc3ccc(CNCCn4nccn4)nc3)cc2)on1. The maximum atomic E-state index is 6.11. The number of imidazole rings is 1. The van der Waals surface area contributed by atoms with Gasteiger partial charge >= 0.3 is 0 Å². The monoisotopic (exact) mass is 578 g/mol. The molecule has 1 aromatic carbocycles. The molecule has 0 radical (unpaired) electrons. The first-order chi connectivity index (χ1) is 21.2. The van der Waals surface area contributed by atoms with Crippen LogP contribution in [0.4, 0.5) is 0 Å². The summed E-state index contributed by atoms with van der Waals surface area (Å²) in [6, 6.07) is 13.9. The second-order valence-electron chi connectivity index (χ2n) is 10.3. The van der Waals surface area contributed by atoms with Crippen molar-refractivity contribution in [3.8, 4) is 23.2 Å².